The van der Waals surface area contributed by atoms with E-state index in [1.165, 1.54) is 12.1 Å². The topological polar surface area (TPSA) is 93.6 Å². The Morgan fingerprint density at radius 1 is 1.19 bits per heavy atom. The Kier molecular flexibility index (Phi) is 4.50. The van der Waals surface area contributed by atoms with Crippen molar-refractivity contribution in [3.05, 3.63) is 87.9 Å². The molecule has 31 heavy (non-hydrogen) atoms. The molecule has 1 aromatic carbocycles. The first kappa shape index (κ1) is 19.3. The summed E-state index contributed by atoms with van der Waals surface area (Å²) < 4.78 is 20.2. The van der Waals surface area contributed by atoms with E-state index < -0.39 is 5.41 Å². The third-order valence-corrected chi connectivity index (χ3v) is 5.84. The number of pyridine rings is 1. The maximum Gasteiger partial charge on any atom is 0.260 e. The van der Waals surface area contributed by atoms with Crippen LogP contribution in [0.3, 0.4) is 0 Å². The van der Waals surface area contributed by atoms with Gasteiger partial charge in [0.25, 0.3) is 5.56 Å². The molecule has 1 fully saturated rings. The molecule has 0 spiro atoms. The van der Waals surface area contributed by atoms with E-state index in [1.807, 2.05) is 19.9 Å². The fraction of sp³-hybridized carbons (Fsp3) is 0.261. The summed E-state index contributed by atoms with van der Waals surface area (Å²) in [7, 11) is 0. The van der Waals surface area contributed by atoms with Crippen molar-refractivity contribution < 1.29 is 9.13 Å². The number of aryl methyl sites for hydroxylation is 2. The highest BCUT2D eigenvalue weighted by Gasteiger charge is 2.58. The van der Waals surface area contributed by atoms with Gasteiger partial charge in [-0.15, -0.1) is 0 Å². The molecule has 4 aromatic rings. The van der Waals surface area contributed by atoms with E-state index in [1.54, 1.807) is 30.6 Å². The second kappa shape index (κ2) is 7.23. The quantitative estimate of drug-likeness (QED) is 0.535. The highest BCUT2D eigenvalue weighted by molar-refractivity contribution is 5.72. The molecule has 1 unspecified atom stereocenters. The third-order valence-electron chi connectivity index (χ3n) is 5.84. The van der Waals surface area contributed by atoms with Gasteiger partial charge in [0.15, 0.2) is 11.4 Å². The monoisotopic (exact) mass is 417 g/mol. The van der Waals surface area contributed by atoms with E-state index in [-0.39, 0.29) is 23.9 Å². The van der Waals surface area contributed by atoms with E-state index in [4.69, 9.17) is 4.74 Å². The van der Waals surface area contributed by atoms with Gasteiger partial charge in [-0.3, -0.25) is 4.79 Å². The molecule has 7 nitrogen and oxygen atoms in total. The summed E-state index contributed by atoms with van der Waals surface area (Å²) in [5.41, 5.74) is 1.16. The maximum atomic E-state index is 14.1. The van der Waals surface area contributed by atoms with E-state index in [0.717, 1.165) is 11.3 Å². The van der Waals surface area contributed by atoms with E-state index in [9.17, 15) is 9.18 Å². The van der Waals surface area contributed by atoms with Crippen LogP contribution in [0.2, 0.25) is 0 Å². The van der Waals surface area contributed by atoms with Gasteiger partial charge < -0.3 is 9.72 Å². The second-order valence-corrected chi connectivity index (χ2v) is 7.90. The molecule has 3 aromatic heterocycles. The van der Waals surface area contributed by atoms with Crippen molar-refractivity contribution in [2.24, 2.45) is 0 Å². The molecule has 8 heteroatoms. The van der Waals surface area contributed by atoms with Gasteiger partial charge in [-0.2, -0.15) is 0 Å². The number of fused-ring (bicyclic) bond motifs is 1. The Morgan fingerprint density at radius 3 is 2.87 bits per heavy atom. The zero-order valence-corrected chi connectivity index (χ0v) is 17.1. The molecule has 1 N–H and O–H groups in total. The molecule has 0 saturated heterocycles. The number of hydrogen-bond acceptors (Lipinski definition) is 6. The van der Waals surface area contributed by atoms with Crippen LogP contribution in [0.25, 0.3) is 11.0 Å². The average molecular weight is 417 g/mol. The molecule has 1 aliphatic rings. The highest BCUT2D eigenvalue weighted by atomic mass is 19.1. The minimum Gasteiger partial charge on any atom is -0.489 e. The SMILES string of the molecule is Cc1ncc(OC[C@@]2(c3cccc(F)c3)CC2c2nc3ncccc3c(=O)[nH]2)c(C)n1. The van der Waals surface area contributed by atoms with Gasteiger partial charge in [-0.05, 0) is 50.1 Å². The molecule has 156 valence electrons. The first-order valence-corrected chi connectivity index (χ1v) is 10.0. The van der Waals surface area contributed by atoms with Crippen LogP contribution in [0, 0.1) is 19.7 Å². The number of benzene rings is 1. The van der Waals surface area contributed by atoms with Crippen molar-refractivity contribution in [3.63, 3.8) is 0 Å². The van der Waals surface area contributed by atoms with Gasteiger partial charge in [0.05, 0.1) is 23.9 Å². The van der Waals surface area contributed by atoms with Crippen LogP contribution >= 0.6 is 0 Å². The fourth-order valence-corrected chi connectivity index (χ4v) is 4.10. The van der Waals surface area contributed by atoms with Crippen LogP contribution < -0.4 is 10.3 Å². The highest BCUT2D eigenvalue weighted by Crippen LogP contribution is 2.59. The molecular formula is C23H20FN5O2. The van der Waals surface area contributed by atoms with Crippen LogP contribution in [0.4, 0.5) is 4.39 Å². The van der Waals surface area contributed by atoms with Crippen LogP contribution in [0.15, 0.2) is 53.6 Å². The van der Waals surface area contributed by atoms with Crippen molar-refractivity contribution in [3.8, 4) is 5.75 Å². The zero-order chi connectivity index (χ0) is 21.6. The molecule has 0 radical (unpaired) electrons. The standard InChI is InChI=1S/C23H20FN5O2/c1-13-19(11-26-14(2)27-13)31-12-23(15-5-3-6-16(24)9-15)10-18(23)21-28-20-17(22(30)29-21)7-4-8-25-20/h3-9,11,18H,10,12H2,1-2H3,(H,25,28,29,30)/t18?,23-/m1/s1. The summed E-state index contributed by atoms with van der Waals surface area (Å²) in [5, 5.41) is 0.437. The number of nitrogens with one attached hydrogen (secondary N) is 1. The second-order valence-electron chi connectivity index (χ2n) is 7.90. The zero-order valence-electron chi connectivity index (χ0n) is 17.1. The molecule has 0 bridgehead atoms. The van der Waals surface area contributed by atoms with Crippen LogP contribution in [0.1, 0.15) is 35.2 Å². The Morgan fingerprint density at radius 2 is 2.06 bits per heavy atom. The van der Waals surface area contributed by atoms with Gasteiger partial charge in [0, 0.05) is 17.5 Å². The number of rotatable bonds is 5. The van der Waals surface area contributed by atoms with Gasteiger partial charge in [0.2, 0.25) is 0 Å². The number of hydrogen-bond donors (Lipinski definition) is 1. The predicted octanol–water partition coefficient (Wildman–Crippen LogP) is 3.37. The van der Waals surface area contributed by atoms with Crippen molar-refractivity contribution in [1.82, 2.24) is 24.9 Å². The first-order valence-electron chi connectivity index (χ1n) is 10.0. The summed E-state index contributed by atoms with van der Waals surface area (Å²) in [6.45, 7) is 3.95. The van der Waals surface area contributed by atoms with Gasteiger partial charge in [-0.1, -0.05) is 12.1 Å². The number of nitrogens with zero attached hydrogens (tertiary/aromatic N) is 4. The maximum absolute atomic E-state index is 14.1. The number of H-pyrrole nitrogens is 1. The number of aromatic amines is 1. The lowest BCUT2D eigenvalue weighted by Crippen LogP contribution is -2.22. The molecule has 1 aliphatic carbocycles. The van der Waals surface area contributed by atoms with E-state index >= 15 is 0 Å². The largest absolute Gasteiger partial charge is 0.489 e. The van der Waals surface area contributed by atoms with Crippen molar-refractivity contribution in [2.75, 3.05) is 6.61 Å². The van der Waals surface area contributed by atoms with Crippen molar-refractivity contribution in [2.45, 2.75) is 31.6 Å². The Labute approximate surface area is 177 Å². The molecule has 3 heterocycles. The lowest BCUT2D eigenvalue weighted by Gasteiger charge is -2.19. The minimum absolute atomic E-state index is 0.139. The third kappa shape index (κ3) is 3.43. The summed E-state index contributed by atoms with van der Waals surface area (Å²) in [6, 6.07) is 9.87. The first-order chi connectivity index (χ1) is 15.0. The molecule has 5 rings (SSSR count). The Balaban J connectivity index is 1.53. The van der Waals surface area contributed by atoms with Gasteiger partial charge >= 0.3 is 0 Å². The van der Waals surface area contributed by atoms with Crippen LogP contribution in [0.5, 0.6) is 5.75 Å². The summed E-state index contributed by atoms with van der Waals surface area (Å²) in [5.74, 6) is 1.31. The smallest absolute Gasteiger partial charge is 0.260 e. The number of ether oxygens (including phenoxy) is 1. The predicted molar refractivity (Wildman–Crippen MR) is 113 cm³/mol. The van der Waals surface area contributed by atoms with E-state index in [2.05, 4.69) is 24.9 Å². The van der Waals surface area contributed by atoms with Gasteiger partial charge in [0.1, 0.15) is 17.5 Å². The molecule has 0 aliphatic heterocycles. The molecule has 0 amide bonds. The summed E-state index contributed by atoms with van der Waals surface area (Å²) in [4.78, 5) is 32.8. The van der Waals surface area contributed by atoms with Crippen LogP contribution in [-0.2, 0) is 5.41 Å². The fourth-order valence-electron chi connectivity index (χ4n) is 4.10. The van der Waals surface area contributed by atoms with Gasteiger partial charge in [-0.25, -0.2) is 24.3 Å². The Bertz CT molecular complexity index is 1360. The lowest BCUT2D eigenvalue weighted by atomic mass is 9.93. The number of halogens is 1. The molecule has 2 atom stereocenters. The minimum atomic E-state index is -0.530. The number of aromatic nitrogens is 5. The Hall–Kier alpha value is -3.68. The molecular weight excluding hydrogens is 397 g/mol. The summed E-state index contributed by atoms with van der Waals surface area (Å²) in [6.07, 6.45) is 3.91. The normalized spacial score (nSPS) is 20.0. The lowest BCUT2D eigenvalue weighted by molar-refractivity contribution is 0.269. The van der Waals surface area contributed by atoms with Crippen LogP contribution in [-0.4, -0.2) is 31.5 Å². The summed E-state index contributed by atoms with van der Waals surface area (Å²) >= 11 is 0. The van der Waals surface area contributed by atoms with Crippen molar-refractivity contribution in [1.29, 1.82) is 0 Å². The molecule has 1 saturated carbocycles. The average Bonchev–Trinajstić information content (AvgIpc) is 3.49. The van der Waals surface area contributed by atoms with Crippen molar-refractivity contribution >= 4 is 11.0 Å². The van der Waals surface area contributed by atoms with E-state index in [0.29, 0.717) is 34.9 Å².